The van der Waals surface area contributed by atoms with E-state index < -0.39 is 47.7 Å². The molecule has 0 bridgehead atoms. The number of nitrogens with one attached hydrogen (secondary N) is 1. The van der Waals surface area contributed by atoms with Crippen LogP contribution in [0.1, 0.15) is 31.5 Å². The fourth-order valence-electron chi connectivity index (χ4n) is 5.70. The minimum atomic E-state index is -3.10. The van der Waals surface area contributed by atoms with Gasteiger partial charge in [-0.15, -0.1) is 0 Å². The van der Waals surface area contributed by atoms with E-state index >= 15 is 8.78 Å². The minimum absolute atomic E-state index is 0.398. The molecule has 36 heavy (non-hydrogen) atoms. The summed E-state index contributed by atoms with van der Waals surface area (Å²) in [6.45, 7) is 5.34. The fourth-order valence-corrected chi connectivity index (χ4v) is 5.70. The van der Waals surface area contributed by atoms with Gasteiger partial charge in [-0.25, -0.2) is 23.5 Å². The number of allylic oxidation sites excluding steroid dienone is 1. The number of cyclic esters (lactones) is 1. The molecule has 0 amide bonds. The van der Waals surface area contributed by atoms with Gasteiger partial charge in [-0.2, -0.15) is 0 Å². The third kappa shape index (κ3) is 4.14. The van der Waals surface area contributed by atoms with Crippen molar-refractivity contribution >= 4 is 17.7 Å². The molecule has 1 aromatic carbocycles. The maximum atomic E-state index is 15.4. The van der Waals surface area contributed by atoms with Crippen molar-refractivity contribution in [2.24, 2.45) is 17.8 Å². The molecule has 0 radical (unpaired) electrons. The Morgan fingerprint density at radius 2 is 1.83 bits per heavy atom. The van der Waals surface area contributed by atoms with Gasteiger partial charge in [-0.05, 0) is 43.0 Å². The van der Waals surface area contributed by atoms with Crippen LogP contribution >= 0.6 is 0 Å². The molecule has 0 spiro atoms. The van der Waals surface area contributed by atoms with Gasteiger partial charge in [0.05, 0.1) is 23.8 Å². The molecule has 1 saturated heterocycles. The van der Waals surface area contributed by atoms with E-state index in [0.29, 0.717) is 11.4 Å². The highest BCUT2D eigenvalue weighted by atomic mass is 19.3. The third-order valence-electron chi connectivity index (χ3n) is 7.56. The summed E-state index contributed by atoms with van der Waals surface area (Å²) in [5.74, 6) is -5.91. The van der Waals surface area contributed by atoms with Gasteiger partial charge >= 0.3 is 5.97 Å². The number of fused-ring (bicyclic) bond motifs is 1. The topological polar surface area (TPSA) is 77.0 Å². The van der Waals surface area contributed by atoms with Gasteiger partial charge in [0.2, 0.25) is 0 Å². The normalized spacial score (nSPS) is 29.1. The molecule has 1 N–H and O–H groups in total. The Hall–Kier alpha value is -3.68. The summed E-state index contributed by atoms with van der Waals surface area (Å²) in [4.78, 5) is 25.5. The lowest BCUT2D eigenvalue weighted by Crippen LogP contribution is -2.61. The summed E-state index contributed by atoms with van der Waals surface area (Å²) in [5, 5.41) is 3.04. The van der Waals surface area contributed by atoms with Crippen molar-refractivity contribution in [2.45, 2.75) is 44.8 Å². The van der Waals surface area contributed by atoms with Crippen molar-refractivity contribution in [3.05, 3.63) is 78.6 Å². The van der Waals surface area contributed by atoms with Gasteiger partial charge < -0.3 is 10.1 Å². The largest absolute Gasteiger partial charge is 0.460 e. The molecule has 6 nitrogen and oxygen atoms in total. The van der Waals surface area contributed by atoms with E-state index in [0.717, 1.165) is 16.7 Å². The zero-order chi connectivity index (χ0) is 25.5. The van der Waals surface area contributed by atoms with Crippen LogP contribution in [0.5, 0.6) is 0 Å². The molecule has 1 aliphatic heterocycles. The molecule has 186 valence electrons. The van der Waals surface area contributed by atoms with Crippen LogP contribution in [0.25, 0.3) is 17.2 Å². The van der Waals surface area contributed by atoms with Gasteiger partial charge in [0.25, 0.3) is 5.92 Å². The summed E-state index contributed by atoms with van der Waals surface area (Å²) < 4.78 is 36.4. The second kappa shape index (κ2) is 9.08. The molecule has 2 aromatic heterocycles. The maximum Gasteiger partial charge on any atom is 0.332 e. The van der Waals surface area contributed by atoms with Crippen LogP contribution in [0.2, 0.25) is 0 Å². The first-order valence-electron chi connectivity index (χ1n) is 12.0. The van der Waals surface area contributed by atoms with Crippen molar-refractivity contribution in [2.75, 3.05) is 5.32 Å². The van der Waals surface area contributed by atoms with Crippen molar-refractivity contribution in [1.82, 2.24) is 15.0 Å². The molecule has 3 aromatic rings. The number of hydrogen-bond acceptors (Lipinski definition) is 6. The zero-order valence-electron chi connectivity index (χ0n) is 20.4. The second-order valence-electron chi connectivity index (χ2n) is 9.81. The van der Waals surface area contributed by atoms with Crippen LogP contribution in [0.3, 0.4) is 0 Å². The number of aromatic nitrogens is 3. The van der Waals surface area contributed by atoms with E-state index in [1.807, 2.05) is 43.3 Å². The van der Waals surface area contributed by atoms with Gasteiger partial charge in [0.15, 0.2) is 0 Å². The van der Waals surface area contributed by atoms with Crippen LogP contribution in [-0.2, 0) is 9.53 Å². The summed E-state index contributed by atoms with van der Waals surface area (Å²) in [6.07, 6.45) is 8.39. The second-order valence-corrected chi connectivity index (χ2v) is 9.81. The van der Waals surface area contributed by atoms with Gasteiger partial charge in [-0.1, -0.05) is 43.3 Å². The summed E-state index contributed by atoms with van der Waals surface area (Å²) in [6, 6.07) is 11.9. The molecule has 1 saturated carbocycles. The van der Waals surface area contributed by atoms with Gasteiger partial charge in [0.1, 0.15) is 18.0 Å². The Balaban J connectivity index is 1.47. The van der Waals surface area contributed by atoms with E-state index in [9.17, 15) is 4.79 Å². The monoisotopic (exact) mass is 490 g/mol. The number of hydrogen-bond donors (Lipinski definition) is 1. The van der Waals surface area contributed by atoms with Crippen molar-refractivity contribution in [1.29, 1.82) is 0 Å². The minimum Gasteiger partial charge on any atom is -0.460 e. The van der Waals surface area contributed by atoms with Gasteiger partial charge in [-0.3, -0.25) is 4.98 Å². The number of ether oxygens (including phenoxy) is 1. The highest BCUT2D eigenvalue weighted by molar-refractivity contribution is 5.88. The quantitative estimate of drug-likeness (QED) is 0.472. The molecule has 5 rings (SSSR count). The molecule has 2 fully saturated rings. The lowest BCUT2D eigenvalue weighted by Gasteiger charge is -2.48. The SMILES string of the molecule is Cc1ccccc1-c1ccc(/C=C/[C@@H]2[C@@H]3[C@@H](C)OC(=O)[C@]3(Nc3cncnc3)CC(F)(F)[C@H]2C)nc1. The average Bonchev–Trinajstić information content (AvgIpc) is 3.09. The van der Waals surface area contributed by atoms with E-state index in [1.165, 1.54) is 25.6 Å². The van der Waals surface area contributed by atoms with Crippen molar-refractivity contribution in [3.63, 3.8) is 0 Å². The number of pyridine rings is 1. The van der Waals surface area contributed by atoms with Crippen molar-refractivity contribution in [3.8, 4) is 11.1 Å². The van der Waals surface area contributed by atoms with Crippen LogP contribution in [0.15, 0.2) is 67.4 Å². The number of nitrogens with zero attached hydrogens (tertiary/aromatic N) is 3. The predicted octanol–water partition coefficient (Wildman–Crippen LogP) is 5.56. The van der Waals surface area contributed by atoms with Crippen LogP contribution in [-0.4, -0.2) is 38.5 Å². The zero-order valence-corrected chi connectivity index (χ0v) is 20.4. The Labute approximate surface area is 208 Å². The Morgan fingerprint density at radius 3 is 2.53 bits per heavy atom. The molecule has 5 atom stereocenters. The number of aryl methyl sites for hydroxylation is 1. The summed E-state index contributed by atoms with van der Waals surface area (Å²) >= 11 is 0. The number of halogens is 2. The molecular formula is C28H28F2N4O2. The predicted molar refractivity (Wildman–Crippen MR) is 133 cm³/mol. The molecule has 1 aliphatic carbocycles. The molecule has 8 heteroatoms. The first-order chi connectivity index (χ1) is 17.2. The fraction of sp³-hybridized carbons (Fsp3) is 0.357. The van der Waals surface area contributed by atoms with E-state index in [2.05, 4.69) is 20.3 Å². The maximum absolute atomic E-state index is 15.4. The van der Waals surface area contributed by atoms with Crippen LogP contribution in [0.4, 0.5) is 14.5 Å². The molecule has 0 unspecified atom stereocenters. The first-order valence-corrected chi connectivity index (χ1v) is 12.0. The number of carbonyl (C=O) groups excluding carboxylic acids is 1. The molecule has 2 aliphatic rings. The van der Waals surface area contributed by atoms with E-state index in [4.69, 9.17) is 4.74 Å². The highest BCUT2D eigenvalue weighted by Crippen LogP contribution is 2.56. The standard InChI is InChI=1S/C28H28F2N4O2/c1-17-6-4-5-7-23(17)20-8-9-21(33-12-20)10-11-24-18(2)28(29,30)15-27(25(24)19(3)36-26(27)35)34-22-13-31-16-32-14-22/h4-14,16,18-19,24-25,34H,15H2,1-3H3/b11-10+/t18-,19+,24-,25-,27-/m0/s1. The van der Waals surface area contributed by atoms with E-state index in [-0.39, 0.29) is 0 Å². The number of carbonyl (C=O) groups is 1. The Kier molecular flexibility index (Phi) is 6.06. The number of benzene rings is 1. The Morgan fingerprint density at radius 1 is 1.08 bits per heavy atom. The molecule has 3 heterocycles. The number of esters is 1. The number of alkyl halides is 2. The average molecular weight is 491 g/mol. The summed E-state index contributed by atoms with van der Waals surface area (Å²) in [7, 11) is 0. The molecular weight excluding hydrogens is 462 g/mol. The van der Waals surface area contributed by atoms with Crippen LogP contribution < -0.4 is 5.32 Å². The van der Waals surface area contributed by atoms with Crippen LogP contribution in [0, 0.1) is 24.7 Å². The van der Waals surface area contributed by atoms with Crippen molar-refractivity contribution < 1.29 is 18.3 Å². The highest BCUT2D eigenvalue weighted by Gasteiger charge is 2.68. The number of rotatable bonds is 5. The first kappa shape index (κ1) is 24.0. The lowest BCUT2D eigenvalue weighted by molar-refractivity contribution is -0.153. The van der Waals surface area contributed by atoms with E-state index in [1.54, 1.807) is 25.3 Å². The smallest absolute Gasteiger partial charge is 0.332 e. The van der Waals surface area contributed by atoms with Gasteiger partial charge in [0, 0.05) is 30.0 Å². The Bertz CT molecular complexity index is 1280. The third-order valence-corrected chi connectivity index (χ3v) is 7.56. The lowest BCUT2D eigenvalue weighted by atomic mass is 9.60. The summed E-state index contributed by atoms with van der Waals surface area (Å²) in [5.41, 5.74) is 2.69. The number of anilines is 1.